The van der Waals surface area contributed by atoms with E-state index in [0.717, 1.165) is 5.01 Å². The molecule has 0 unspecified atom stereocenters. The van der Waals surface area contributed by atoms with Gasteiger partial charge in [-0.15, -0.1) is 11.3 Å². The quantitative estimate of drug-likeness (QED) is 0.628. The summed E-state index contributed by atoms with van der Waals surface area (Å²) in [6.45, 7) is 0.0757. The largest absolute Gasteiger partial charge is 0.480 e. The van der Waals surface area contributed by atoms with Crippen molar-refractivity contribution in [1.82, 2.24) is 10.3 Å². The van der Waals surface area contributed by atoms with Gasteiger partial charge in [0.1, 0.15) is 12.2 Å². The van der Waals surface area contributed by atoms with Crippen molar-refractivity contribution in [2.75, 3.05) is 13.1 Å². The Morgan fingerprint density at radius 2 is 2.33 bits per heavy atom. The first-order chi connectivity index (χ1) is 7.13. The van der Waals surface area contributed by atoms with Gasteiger partial charge in [-0.3, -0.25) is 9.59 Å². The Hall–Kier alpha value is -1.47. The third-order valence-corrected chi connectivity index (χ3v) is 2.45. The fourth-order valence-electron chi connectivity index (χ4n) is 0.900. The number of thiazole rings is 1. The smallest absolute Gasteiger partial charge is 0.322 e. The Kier molecular flexibility index (Phi) is 4.19. The first-order valence-corrected chi connectivity index (χ1v) is 5.16. The molecule has 82 valence electrons. The van der Waals surface area contributed by atoms with E-state index in [1.165, 1.54) is 11.3 Å². The van der Waals surface area contributed by atoms with Crippen molar-refractivity contribution in [2.24, 2.45) is 5.73 Å². The fourth-order valence-corrected chi connectivity index (χ4v) is 1.69. The van der Waals surface area contributed by atoms with Crippen LogP contribution in [0, 0.1) is 0 Å². The lowest BCUT2D eigenvalue weighted by atomic mass is 10.4. The van der Waals surface area contributed by atoms with Crippen LogP contribution in [0.5, 0.6) is 0 Å². The lowest BCUT2D eigenvalue weighted by molar-refractivity contribution is -0.135. The molecular weight excluding hydrogens is 218 g/mol. The molecule has 1 aromatic rings. The van der Waals surface area contributed by atoms with Crippen LogP contribution < -0.4 is 11.1 Å². The van der Waals surface area contributed by atoms with Gasteiger partial charge in [-0.2, -0.15) is 0 Å². The number of nitrogens with zero attached hydrogens (tertiary/aromatic N) is 1. The number of nitrogens with two attached hydrogens (primary N) is 1. The topological polar surface area (TPSA) is 105 Å². The van der Waals surface area contributed by atoms with Crippen molar-refractivity contribution in [3.8, 4) is 0 Å². The number of rotatable bonds is 5. The summed E-state index contributed by atoms with van der Waals surface area (Å²) in [7, 11) is 0. The van der Waals surface area contributed by atoms with E-state index in [1.807, 2.05) is 0 Å². The number of hydrogen-bond donors (Lipinski definition) is 3. The average molecular weight is 229 g/mol. The van der Waals surface area contributed by atoms with Crippen LogP contribution in [0.15, 0.2) is 5.38 Å². The van der Waals surface area contributed by atoms with Crippen LogP contribution >= 0.6 is 11.3 Å². The summed E-state index contributed by atoms with van der Waals surface area (Å²) in [5.41, 5.74) is 5.57. The van der Waals surface area contributed by atoms with Crippen LogP contribution in [-0.2, 0) is 11.2 Å². The molecule has 1 aromatic heterocycles. The summed E-state index contributed by atoms with van der Waals surface area (Å²) in [6, 6.07) is 0. The third-order valence-electron chi connectivity index (χ3n) is 1.54. The highest BCUT2D eigenvalue weighted by Gasteiger charge is 2.10. The lowest BCUT2D eigenvalue weighted by Gasteiger charge is -1.97. The van der Waals surface area contributed by atoms with Crippen LogP contribution in [0.4, 0.5) is 0 Å². The van der Waals surface area contributed by atoms with E-state index in [1.54, 1.807) is 5.38 Å². The van der Waals surface area contributed by atoms with Gasteiger partial charge in [0.05, 0.1) is 5.01 Å². The number of amides is 1. The summed E-state index contributed by atoms with van der Waals surface area (Å²) in [6.07, 6.45) is 0.622. The zero-order chi connectivity index (χ0) is 11.3. The van der Waals surface area contributed by atoms with E-state index in [2.05, 4.69) is 10.3 Å². The monoisotopic (exact) mass is 229 g/mol. The molecule has 0 saturated carbocycles. The molecule has 0 aliphatic carbocycles. The van der Waals surface area contributed by atoms with Crippen molar-refractivity contribution in [3.63, 3.8) is 0 Å². The molecule has 15 heavy (non-hydrogen) atoms. The number of aromatic nitrogens is 1. The Bertz CT molecular complexity index is 364. The van der Waals surface area contributed by atoms with Crippen molar-refractivity contribution in [3.05, 3.63) is 16.1 Å². The number of carbonyl (C=O) groups excluding carboxylic acids is 1. The summed E-state index contributed by atoms with van der Waals surface area (Å²) in [5.74, 6) is -1.56. The first-order valence-electron chi connectivity index (χ1n) is 4.28. The summed E-state index contributed by atoms with van der Waals surface area (Å²) in [5, 5.41) is 12.9. The molecule has 0 aromatic carbocycles. The fraction of sp³-hybridized carbons (Fsp3) is 0.375. The van der Waals surface area contributed by atoms with Crippen molar-refractivity contribution >= 4 is 23.2 Å². The maximum Gasteiger partial charge on any atom is 0.322 e. The second-order valence-electron chi connectivity index (χ2n) is 2.74. The van der Waals surface area contributed by atoms with Crippen LogP contribution in [-0.4, -0.2) is 35.1 Å². The van der Waals surface area contributed by atoms with Gasteiger partial charge >= 0.3 is 5.97 Å². The van der Waals surface area contributed by atoms with Gasteiger partial charge in [0.25, 0.3) is 5.91 Å². The standard InChI is InChI=1S/C8H11N3O3S/c9-2-1-6-11-5(4-15-6)8(14)10-3-7(12)13/h4H,1-3,9H2,(H,10,14)(H,12,13). The molecule has 0 aliphatic rings. The van der Waals surface area contributed by atoms with Gasteiger partial charge in [0.15, 0.2) is 0 Å². The number of carboxylic acid groups (broad SMARTS) is 1. The second kappa shape index (κ2) is 5.42. The van der Waals surface area contributed by atoms with E-state index < -0.39 is 18.4 Å². The molecule has 1 heterocycles. The van der Waals surface area contributed by atoms with Crippen molar-refractivity contribution in [2.45, 2.75) is 6.42 Å². The molecule has 0 spiro atoms. The maximum absolute atomic E-state index is 11.3. The Morgan fingerprint density at radius 1 is 1.60 bits per heavy atom. The van der Waals surface area contributed by atoms with E-state index in [4.69, 9.17) is 10.8 Å². The molecule has 0 bridgehead atoms. The van der Waals surface area contributed by atoms with Crippen LogP contribution in [0.2, 0.25) is 0 Å². The minimum absolute atomic E-state index is 0.240. The summed E-state index contributed by atoms with van der Waals surface area (Å²) < 4.78 is 0. The van der Waals surface area contributed by atoms with Gasteiger partial charge in [-0.25, -0.2) is 4.98 Å². The molecule has 7 heteroatoms. The predicted octanol–water partition coefficient (Wildman–Crippen LogP) is -0.541. The highest BCUT2D eigenvalue weighted by Crippen LogP contribution is 2.09. The van der Waals surface area contributed by atoms with Crippen LogP contribution in [0.1, 0.15) is 15.5 Å². The zero-order valence-electron chi connectivity index (χ0n) is 7.90. The van der Waals surface area contributed by atoms with E-state index in [9.17, 15) is 9.59 Å². The number of carboxylic acids is 1. The van der Waals surface area contributed by atoms with E-state index in [-0.39, 0.29) is 5.69 Å². The maximum atomic E-state index is 11.3. The average Bonchev–Trinajstić information content (AvgIpc) is 2.63. The first kappa shape index (κ1) is 11.6. The molecule has 0 aliphatic heterocycles. The second-order valence-corrected chi connectivity index (χ2v) is 3.68. The minimum atomic E-state index is -1.08. The van der Waals surface area contributed by atoms with Crippen LogP contribution in [0.25, 0.3) is 0 Å². The van der Waals surface area contributed by atoms with E-state index >= 15 is 0 Å². The molecular formula is C8H11N3O3S. The van der Waals surface area contributed by atoms with Gasteiger partial charge in [-0.1, -0.05) is 0 Å². The van der Waals surface area contributed by atoms with Gasteiger partial charge in [-0.05, 0) is 6.54 Å². The molecule has 0 radical (unpaired) electrons. The van der Waals surface area contributed by atoms with Gasteiger partial charge in [0.2, 0.25) is 0 Å². The number of nitrogens with one attached hydrogen (secondary N) is 1. The SMILES string of the molecule is NCCc1nc(C(=O)NCC(=O)O)cs1. The molecule has 6 nitrogen and oxygen atoms in total. The Labute approximate surface area is 90.1 Å². The molecule has 1 rings (SSSR count). The molecule has 0 fully saturated rings. The predicted molar refractivity (Wildman–Crippen MR) is 54.8 cm³/mol. The highest BCUT2D eigenvalue weighted by molar-refractivity contribution is 7.09. The highest BCUT2D eigenvalue weighted by atomic mass is 32.1. The molecule has 0 saturated heterocycles. The summed E-state index contributed by atoms with van der Waals surface area (Å²) in [4.78, 5) is 25.5. The molecule has 4 N–H and O–H groups in total. The van der Waals surface area contributed by atoms with Crippen molar-refractivity contribution in [1.29, 1.82) is 0 Å². The zero-order valence-corrected chi connectivity index (χ0v) is 8.71. The number of hydrogen-bond acceptors (Lipinski definition) is 5. The number of aliphatic carboxylic acids is 1. The Balaban J connectivity index is 2.54. The minimum Gasteiger partial charge on any atom is -0.480 e. The summed E-state index contributed by atoms with van der Waals surface area (Å²) >= 11 is 1.34. The molecule has 1 amide bonds. The third kappa shape index (κ3) is 3.64. The lowest BCUT2D eigenvalue weighted by Crippen LogP contribution is -2.29. The van der Waals surface area contributed by atoms with Crippen LogP contribution in [0.3, 0.4) is 0 Å². The van der Waals surface area contributed by atoms with Gasteiger partial charge < -0.3 is 16.2 Å². The van der Waals surface area contributed by atoms with E-state index in [0.29, 0.717) is 13.0 Å². The normalized spacial score (nSPS) is 9.93. The Morgan fingerprint density at radius 3 is 2.93 bits per heavy atom. The van der Waals surface area contributed by atoms with Gasteiger partial charge in [0, 0.05) is 11.8 Å². The van der Waals surface area contributed by atoms with Crippen molar-refractivity contribution < 1.29 is 14.7 Å². The number of carbonyl (C=O) groups is 2. The molecule has 0 atom stereocenters.